The minimum Gasteiger partial charge on any atom is -0.484 e. The first-order chi connectivity index (χ1) is 13.3. The minimum atomic E-state index is -0.164. The van der Waals surface area contributed by atoms with E-state index in [4.69, 9.17) is 4.74 Å². The summed E-state index contributed by atoms with van der Waals surface area (Å²) in [6, 6.07) is 19.8. The van der Waals surface area contributed by atoms with Gasteiger partial charge in [0.2, 0.25) is 0 Å². The van der Waals surface area contributed by atoms with Crippen LogP contribution in [-0.4, -0.2) is 17.5 Å². The zero-order chi connectivity index (χ0) is 18.5. The van der Waals surface area contributed by atoms with Crippen LogP contribution in [0, 0.1) is 0 Å². The Morgan fingerprint density at radius 2 is 1.93 bits per heavy atom. The topological polar surface area (TPSA) is 51.2 Å². The number of benzene rings is 2. The fourth-order valence-corrected chi connectivity index (χ4v) is 3.53. The molecule has 27 heavy (non-hydrogen) atoms. The number of thiophene rings is 1. The summed E-state index contributed by atoms with van der Waals surface area (Å²) in [6.07, 6.45) is 1.77. The summed E-state index contributed by atoms with van der Waals surface area (Å²) in [6.45, 7) is 0.394. The number of aromatic nitrogens is 1. The molecule has 2 aromatic heterocycles. The van der Waals surface area contributed by atoms with Gasteiger partial charge in [-0.15, -0.1) is 0 Å². The van der Waals surface area contributed by atoms with Gasteiger partial charge >= 0.3 is 0 Å². The molecular formula is C22H18N2O2S. The molecule has 2 aromatic carbocycles. The molecule has 0 atom stereocenters. The van der Waals surface area contributed by atoms with Crippen LogP contribution < -0.4 is 10.1 Å². The monoisotopic (exact) mass is 374 g/mol. The molecule has 0 unspecified atom stereocenters. The number of hydrogen-bond acceptors (Lipinski definition) is 4. The molecule has 134 valence electrons. The summed E-state index contributed by atoms with van der Waals surface area (Å²) in [4.78, 5) is 16.6. The van der Waals surface area contributed by atoms with Crippen LogP contribution in [0.5, 0.6) is 5.75 Å². The first-order valence-electron chi connectivity index (χ1n) is 8.64. The quantitative estimate of drug-likeness (QED) is 0.534. The van der Waals surface area contributed by atoms with Crippen molar-refractivity contribution in [3.8, 4) is 17.0 Å². The van der Waals surface area contributed by atoms with E-state index in [0.29, 0.717) is 12.3 Å². The number of nitrogens with one attached hydrogen (secondary N) is 1. The molecule has 2 heterocycles. The van der Waals surface area contributed by atoms with Crippen LogP contribution in [0.1, 0.15) is 5.56 Å². The fourth-order valence-electron chi connectivity index (χ4n) is 2.89. The molecule has 0 saturated heterocycles. The zero-order valence-electron chi connectivity index (χ0n) is 14.6. The second kappa shape index (κ2) is 8.01. The minimum absolute atomic E-state index is 0.0214. The average Bonchev–Trinajstić information content (AvgIpc) is 3.25. The van der Waals surface area contributed by atoms with Gasteiger partial charge in [-0.3, -0.25) is 9.78 Å². The number of carbonyl (C=O) groups is 1. The van der Waals surface area contributed by atoms with Crippen molar-refractivity contribution in [3.63, 3.8) is 0 Å². The van der Waals surface area contributed by atoms with E-state index in [1.165, 1.54) is 0 Å². The van der Waals surface area contributed by atoms with E-state index in [0.717, 1.165) is 27.6 Å². The van der Waals surface area contributed by atoms with E-state index in [-0.39, 0.29) is 12.5 Å². The molecule has 1 amide bonds. The van der Waals surface area contributed by atoms with E-state index in [1.807, 2.05) is 66.0 Å². The van der Waals surface area contributed by atoms with Crippen LogP contribution in [0.4, 0.5) is 0 Å². The van der Waals surface area contributed by atoms with Crippen molar-refractivity contribution in [1.82, 2.24) is 10.3 Å². The lowest BCUT2D eigenvalue weighted by molar-refractivity contribution is -0.123. The number of hydrogen-bond donors (Lipinski definition) is 1. The van der Waals surface area contributed by atoms with Crippen LogP contribution in [0.25, 0.3) is 22.0 Å². The molecule has 0 radical (unpaired) electrons. The Bertz CT molecular complexity index is 1060. The molecule has 1 N–H and O–H groups in total. The van der Waals surface area contributed by atoms with Gasteiger partial charge in [-0.05, 0) is 46.0 Å². The fraction of sp³-hybridized carbons (Fsp3) is 0.0909. The highest BCUT2D eigenvalue weighted by atomic mass is 32.1. The van der Waals surface area contributed by atoms with Crippen molar-refractivity contribution in [2.45, 2.75) is 6.54 Å². The summed E-state index contributed by atoms with van der Waals surface area (Å²) in [5.41, 5.74) is 2.95. The van der Waals surface area contributed by atoms with Crippen molar-refractivity contribution < 1.29 is 9.53 Å². The van der Waals surface area contributed by atoms with Gasteiger partial charge in [-0.25, -0.2) is 0 Å². The normalized spacial score (nSPS) is 10.7. The Kier molecular flexibility index (Phi) is 5.12. The maximum Gasteiger partial charge on any atom is 0.258 e. The number of fused-ring (bicyclic) bond motifs is 1. The predicted molar refractivity (Wildman–Crippen MR) is 109 cm³/mol. The maximum atomic E-state index is 12.2. The third-order valence-electron chi connectivity index (χ3n) is 4.25. The highest BCUT2D eigenvalue weighted by Gasteiger charge is 2.09. The number of amides is 1. The van der Waals surface area contributed by atoms with E-state index in [9.17, 15) is 4.79 Å². The van der Waals surface area contributed by atoms with Gasteiger partial charge in [0.15, 0.2) is 6.61 Å². The summed E-state index contributed by atoms with van der Waals surface area (Å²) < 4.78 is 5.64. The summed E-state index contributed by atoms with van der Waals surface area (Å²) in [5.74, 6) is 0.521. The third-order valence-corrected chi connectivity index (χ3v) is 4.94. The van der Waals surface area contributed by atoms with E-state index in [1.54, 1.807) is 17.5 Å². The molecule has 0 saturated carbocycles. The lowest BCUT2D eigenvalue weighted by Crippen LogP contribution is -2.28. The second-order valence-corrected chi connectivity index (χ2v) is 6.88. The second-order valence-electron chi connectivity index (χ2n) is 6.10. The Hall–Kier alpha value is -3.18. The molecule has 4 nitrogen and oxygen atoms in total. The maximum absolute atomic E-state index is 12.2. The van der Waals surface area contributed by atoms with Crippen LogP contribution >= 0.6 is 11.3 Å². The van der Waals surface area contributed by atoms with Gasteiger partial charge in [0, 0.05) is 23.7 Å². The lowest BCUT2D eigenvalue weighted by atomic mass is 10.1. The average molecular weight is 374 g/mol. The standard InChI is InChI=1S/C22H18N2O2S/c25-21(14-26-20-8-7-16-4-1-2-5-17(16)12-20)24-13-18-6-3-10-23-22(18)19-9-11-27-15-19/h1-12,15H,13-14H2,(H,24,25). The number of nitrogens with zero attached hydrogens (tertiary/aromatic N) is 1. The highest BCUT2D eigenvalue weighted by Crippen LogP contribution is 2.23. The van der Waals surface area contributed by atoms with E-state index in [2.05, 4.69) is 15.7 Å². The predicted octanol–water partition coefficient (Wildman–Crippen LogP) is 4.66. The van der Waals surface area contributed by atoms with Gasteiger partial charge < -0.3 is 10.1 Å². The Labute approximate surface area is 161 Å². The molecule has 4 aromatic rings. The van der Waals surface area contributed by atoms with Gasteiger partial charge in [0.25, 0.3) is 5.91 Å². The third kappa shape index (κ3) is 4.15. The molecule has 0 aliphatic carbocycles. The summed E-state index contributed by atoms with van der Waals surface area (Å²) >= 11 is 1.63. The largest absolute Gasteiger partial charge is 0.484 e. The lowest BCUT2D eigenvalue weighted by Gasteiger charge is -2.10. The van der Waals surface area contributed by atoms with Crippen LogP contribution in [-0.2, 0) is 11.3 Å². The molecule has 4 rings (SSSR count). The van der Waals surface area contributed by atoms with Gasteiger partial charge in [0.1, 0.15) is 5.75 Å². The number of rotatable bonds is 6. The van der Waals surface area contributed by atoms with Crippen molar-refractivity contribution >= 4 is 28.0 Å². The molecule has 0 spiro atoms. The number of pyridine rings is 1. The smallest absolute Gasteiger partial charge is 0.258 e. The zero-order valence-corrected chi connectivity index (χ0v) is 15.4. The SMILES string of the molecule is O=C(COc1ccc2ccccc2c1)NCc1cccnc1-c1ccsc1. The molecular weight excluding hydrogens is 356 g/mol. The Morgan fingerprint density at radius 1 is 1.04 bits per heavy atom. The molecule has 0 bridgehead atoms. The number of carbonyl (C=O) groups excluding carboxylic acids is 1. The first-order valence-corrected chi connectivity index (χ1v) is 9.59. The van der Waals surface area contributed by atoms with Crippen molar-refractivity contribution in [2.75, 3.05) is 6.61 Å². The number of ether oxygens (including phenoxy) is 1. The first kappa shape index (κ1) is 17.2. The Morgan fingerprint density at radius 3 is 2.78 bits per heavy atom. The molecule has 0 aliphatic rings. The molecule has 0 aliphatic heterocycles. The Balaban J connectivity index is 1.36. The van der Waals surface area contributed by atoms with Gasteiger partial charge in [-0.2, -0.15) is 11.3 Å². The van der Waals surface area contributed by atoms with E-state index >= 15 is 0 Å². The van der Waals surface area contributed by atoms with Gasteiger partial charge in [-0.1, -0.05) is 36.4 Å². The van der Waals surface area contributed by atoms with Crippen LogP contribution in [0.15, 0.2) is 77.6 Å². The van der Waals surface area contributed by atoms with Gasteiger partial charge in [0.05, 0.1) is 5.69 Å². The highest BCUT2D eigenvalue weighted by molar-refractivity contribution is 7.08. The summed E-state index contributed by atoms with van der Waals surface area (Å²) in [5, 5.41) is 9.21. The summed E-state index contributed by atoms with van der Waals surface area (Å²) in [7, 11) is 0. The van der Waals surface area contributed by atoms with Crippen molar-refractivity contribution in [3.05, 3.63) is 83.2 Å². The van der Waals surface area contributed by atoms with E-state index < -0.39 is 0 Å². The van der Waals surface area contributed by atoms with Crippen molar-refractivity contribution in [2.24, 2.45) is 0 Å². The van der Waals surface area contributed by atoms with Crippen molar-refractivity contribution in [1.29, 1.82) is 0 Å². The molecule has 0 fully saturated rings. The molecule has 5 heteroatoms. The van der Waals surface area contributed by atoms with Crippen LogP contribution in [0.2, 0.25) is 0 Å². The van der Waals surface area contributed by atoms with Crippen LogP contribution in [0.3, 0.4) is 0 Å².